The molecule has 0 radical (unpaired) electrons. The van der Waals surface area contributed by atoms with E-state index in [0.717, 1.165) is 0 Å². The first kappa shape index (κ1) is 12.4. The van der Waals surface area contributed by atoms with E-state index in [-0.39, 0.29) is 17.0 Å². The van der Waals surface area contributed by atoms with Crippen molar-refractivity contribution in [3.8, 4) is 0 Å². The van der Waals surface area contributed by atoms with E-state index >= 15 is 0 Å². The monoisotopic (exact) mass is 241 g/mol. The maximum absolute atomic E-state index is 11.7. The van der Waals surface area contributed by atoms with Crippen LogP contribution in [0.25, 0.3) is 0 Å². The van der Waals surface area contributed by atoms with Crippen LogP contribution in [0.4, 0.5) is 0 Å². The average Bonchev–Trinajstić information content (AvgIpc) is 2.26. The summed E-state index contributed by atoms with van der Waals surface area (Å²) in [5, 5.41) is 8.84. The SMILES string of the molecule is C=CCNS(=O)(=O)c1ccccc1C(=O)O. The van der Waals surface area contributed by atoms with Gasteiger partial charge in [-0.05, 0) is 12.1 Å². The Morgan fingerprint density at radius 2 is 2.06 bits per heavy atom. The Hall–Kier alpha value is -1.66. The molecule has 0 aliphatic rings. The minimum absolute atomic E-state index is 0.0519. The van der Waals surface area contributed by atoms with Crippen LogP contribution < -0.4 is 4.72 Å². The summed E-state index contributed by atoms with van der Waals surface area (Å²) in [7, 11) is -3.80. The molecule has 0 unspecified atom stereocenters. The Morgan fingerprint density at radius 3 is 2.62 bits per heavy atom. The molecular weight excluding hydrogens is 230 g/mol. The van der Waals surface area contributed by atoms with Gasteiger partial charge in [0.25, 0.3) is 0 Å². The Kier molecular flexibility index (Phi) is 3.81. The molecule has 86 valence electrons. The molecular formula is C10H11NO4S. The third-order valence-electron chi connectivity index (χ3n) is 1.82. The second-order valence-electron chi connectivity index (χ2n) is 2.94. The number of hydrogen-bond donors (Lipinski definition) is 2. The number of aromatic carboxylic acids is 1. The highest BCUT2D eigenvalue weighted by Gasteiger charge is 2.20. The first-order valence-electron chi connectivity index (χ1n) is 4.42. The molecule has 0 aliphatic carbocycles. The zero-order valence-electron chi connectivity index (χ0n) is 8.38. The summed E-state index contributed by atoms with van der Waals surface area (Å²) < 4.78 is 25.6. The largest absolute Gasteiger partial charge is 0.478 e. The van der Waals surface area contributed by atoms with Crippen molar-refractivity contribution >= 4 is 16.0 Å². The molecule has 0 saturated carbocycles. The maximum Gasteiger partial charge on any atom is 0.337 e. The molecule has 0 atom stereocenters. The summed E-state index contributed by atoms with van der Waals surface area (Å²) in [6, 6.07) is 5.42. The second kappa shape index (κ2) is 4.91. The van der Waals surface area contributed by atoms with Crippen LogP contribution in [0, 0.1) is 0 Å². The molecule has 1 aromatic carbocycles. The summed E-state index contributed by atoms with van der Waals surface area (Å²) in [6.45, 7) is 3.42. The van der Waals surface area contributed by atoms with Crippen molar-refractivity contribution in [2.45, 2.75) is 4.90 Å². The van der Waals surface area contributed by atoms with Gasteiger partial charge in [0.05, 0.1) is 10.5 Å². The molecule has 1 rings (SSSR count). The standard InChI is InChI=1S/C10H11NO4S/c1-2-7-11-16(14,15)9-6-4-3-5-8(9)10(12)13/h2-6,11H,1,7H2,(H,12,13). The van der Waals surface area contributed by atoms with Gasteiger partial charge in [0.15, 0.2) is 0 Å². The first-order chi connectivity index (χ1) is 7.49. The van der Waals surface area contributed by atoms with Crippen molar-refractivity contribution in [3.63, 3.8) is 0 Å². The second-order valence-corrected chi connectivity index (χ2v) is 4.68. The highest BCUT2D eigenvalue weighted by atomic mass is 32.2. The molecule has 1 aromatic rings. The van der Waals surface area contributed by atoms with Crippen LogP contribution in [0.3, 0.4) is 0 Å². The van der Waals surface area contributed by atoms with E-state index in [1.807, 2.05) is 0 Å². The molecule has 5 nitrogen and oxygen atoms in total. The normalized spacial score (nSPS) is 11.0. The summed E-state index contributed by atoms with van der Waals surface area (Å²) in [5.74, 6) is -1.28. The molecule has 0 spiro atoms. The van der Waals surface area contributed by atoms with Crippen LogP contribution in [-0.4, -0.2) is 26.0 Å². The van der Waals surface area contributed by atoms with Gasteiger partial charge in [-0.2, -0.15) is 0 Å². The van der Waals surface area contributed by atoms with Gasteiger partial charge in [-0.25, -0.2) is 17.9 Å². The smallest absolute Gasteiger partial charge is 0.337 e. The molecule has 0 aliphatic heterocycles. The van der Waals surface area contributed by atoms with Crippen LogP contribution in [0.15, 0.2) is 41.8 Å². The summed E-state index contributed by atoms with van der Waals surface area (Å²) >= 11 is 0. The topological polar surface area (TPSA) is 83.5 Å². The molecule has 2 N–H and O–H groups in total. The van der Waals surface area contributed by atoms with Crippen LogP contribution in [-0.2, 0) is 10.0 Å². The van der Waals surface area contributed by atoms with Crippen LogP contribution >= 0.6 is 0 Å². The van der Waals surface area contributed by atoms with Gasteiger partial charge in [0, 0.05) is 6.54 Å². The third-order valence-corrected chi connectivity index (χ3v) is 3.31. The Balaban J connectivity index is 3.22. The van der Waals surface area contributed by atoms with Crippen molar-refractivity contribution < 1.29 is 18.3 Å². The lowest BCUT2D eigenvalue weighted by Crippen LogP contribution is -2.25. The number of hydrogen-bond acceptors (Lipinski definition) is 3. The Labute approximate surface area is 93.5 Å². The first-order valence-corrected chi connectivity index (χ1v) is 5.90. The van der Waals surface area contributed by atoms with E-state index in [9.17, 15) is 13.2 Å². The van der Waals surface area contributed by atoms with E-state index in [1.54, 1.807) is 0 Å². The number of nitrogens with one attached hydrogen (secondary N) is 1. The third kappa shape index (κ3) is 2.68. The zero-order valence-corrected chi connectivity index (χ0v) is 9.20. The highest BCUT2D eigenvalue weighted by molar-refractivity contribution is 7.89. The van der Waals surface area contributed by atoms with Gasteiger partial charge >= 0.3 is 5.97 Å². The van der Waals surface area contributed by atoms with Crippen molar-refractivity contribution in [3.05, 3.63) is 42.5 Å². The fraction of sp³-hybridized carbons (Fsp3) is 0.100. The van der Waals surface area contributed by atoms with E-state index in [1.165, 1.54) is 30.3 Å². The van der Waals surface area contributed by atoms with Crippen molar-refractivity contribution in [2.75, 3.05) is 6.54 Å². The molecule has 6 heteroatoms. The zero-order chi connectivity index (χ0) is 12.2. The minimum atomic E-state index is -3.80. The maximum atomic E-state index is 11.7. The van der Waals surface area contributed by atoms with Gasteiger partial charge in [-0.15, -0.1) is 6.58 Å². The Bertz CT molecular complexity index is 507. The number of sulfonamides is 1. The molecule has 16 heavy (non-hydrogen) atoms. The average molecular weight is 241 g/mol. The molecule has 0 fully saturated rings. The quantitative estimate of drug-likeness (QED) is 0.748. The van der Waals surface area contributed by atoms with Crippen molar-refractivity contribution in [1.29, 1.82) is 0 Å². The molecule has 0 bridgehead atoms. The summed E-state index contributed by atoms with van der Waals surface area (Å²) in [5.41, 5.74) is -0.251. The highest BCUT2D eigenvalue weighted by Crippen LogP contribution is 2.14. The van der Waals surface area contributed by atoms with Gasteiger partial charge in [-0.1, -0.05) is 18.2 Å². The number of rotatable bonds is 5. The fourth-order valence-electron chi connectivity index (χ4n) is 1.12. The predicted octanol–water partition coefficient (Wildman–Crippen LogP) is 0.849. The number of carbonyl (C=O) groups is 1. The molecule has 0 aromatic heterocycles. The van der Waals surface area contributed by atoms with E-state index in [0.29, 0.717) is 0 Å². The van der Waals surface area contributed by atoms with Gasteiger partial charge in [0.1, 0.15) is 0 Å². The lowest BCUT2D eigenvalue weighted by Gasteiger charge is -2.07. The van der Waals surface area contributed by atoms with Gasteiger partial charge in [-0.3, -0.25) is 0 Å². The van der Waals surface area contributed by atoms with E-state index in [2.05, 4.69) is 11.3 Å². The van der Waals surface area contributed by atoms with Crippen LogP contribution in [0.5, 0.6) is 0 Å². The minimum Gasteiger partial charge on any atom is -0.478 e. The lowest BCUT2D eigenvalue weighted by molar-refractivity contribution is 0.0692. The van der Waals surface area contributed by atoms with E-state index < -0.39 is 16.0 Å². The number of benzene rings is 1. The predicted molar refractivity (Wildman–Crippen MR) is 58.8 cm³/mol. The fourth-order valence-corrected chi connectivity index (χ4v) is 2.32. The van der Waals surface area contributed by atoms with Gasteiger partial charge < -0.3 is 5.11 Å². The Morgan fingerprint density at radius 1 is 1.44 bits per heavy atom. The summed E-state index contributed by atoms with van der Waals surface area (Å²) in [4.78, 5) is 10.6. The van der Waals surface area contributed by atoms with Gasteiger partial charge in [0.2, 0.25) is 10.0 Å². The van der Waals surface area contributed by atoms with Crippen molar-refractivity contribution in [2.24, 2.45) is 0 Å². The summed E-state index contributed by atoms with van der Waals surface area (Å²) in [6.07, 6.45) is 1.38. The van der Waals surface area contributed by atoms with E-state index in [4.69, 9.17) is 5.11 Å². The lowest BCUT2D eigenvalue weighted by atomic mass is 10.2. The molecule has 0 heterocycles. The molecule has 0 amide bonds. The number of carboxylic acids is 1. The molecule has 0 saturated heterocycles. The van der Waals surface area contributed by atoms with Crippen LogP contribution in [0.1, 0.15) is 10.4 Å². The number of carboxylic acid groups (broad SMARTS) is 1. The van der Waals surface area contributed by atoms with Crippen molar-refractivity contribution in [1.82, 2.24) is 4.72 Å². The van der Waals surface area contributed by atoms with Crippen LogP contribution in [0.2, 0.25) is 0 Å².